The molecule has 1 heterocycles. The molecule has 3 N–H and O–H groups in total. The van der Waals surface area contributed by atoms with Crippen LogP contribution in [0.25, 0.3) is 0 Å². The normalized spacial score (nSPS) is 17.8. The molecule has 108 valence electrons. The van der Waals surface area contributed by atoms with Crippen LogP contribution in [0.3, 0.4) is 0 Å². The molecule has 1 atom stereocenters. The van der Waals surface area contributed by atoms with Gasteiger partial charge in [-0.15, -0.1) is 0 Å². The van der Waals surface area contributed by atoms with Crippen LogP contribution in [0.15, 0.2) is 0 Å². The number of aliphatic carboxylic acids is 2. The van der Waals surface area contributed by atoms with Crippen LogP contribution in [0.1, 0.15) is 12.8 Å². The van der Waals surface area contributed by atoms with Gasteiger partial charge in [-0.3, -0.25) is 4.79 Å². The minimum absolute atomic E-state index is 0.121. The molecule has 0 aromatic rings. The summed E-state index contributed by atoms with van der Waals surface area (Å²) in [5.41, 5.74) is 0. The molecule has 1 rings (SSSR count). The molecule has 8 heteroatoms. The quantitative estimate of drug-likeness (QED) is 0.608. The predicted octanol–water partition coefficient (Wildman–Crippen LogP) is -0.739. The zero-order valence-electron chi connectivity index (χ0n) is 10.8. The first-order chi connectivity index (χ1) is 8.90. The van der Waals surface area contributed by atoms with Gasteiger partial charge in [-0.2, -0.15) is 0 Å². The largest absolute Gasteiger partial charge is 0.481 e. The Morgan fingerprint density at radius 1 is 1.16 bits per heavy atom. The van der Waals surface area contributed by atoms with Crippen molar-refractivity contribution in [2.24, 2.45) is 0 Å². The highest BCUT2D eigenvalue weighted by Gasteiger charge is 2.25. The predicted molar refractivity (Wildman–Crippen MR) is 65.9 cm³/mol. The summed E-state index contributed by atoms with van der Waals surface area (Å²) >= 11 is 0. The number of likely N-dealkylation sites (N-methyl/N-ethyl adjacent to an activating group) is 1. The number of carbonyl (C=O) groups is 3. The van der Waals surface area contributed by atoms with E-state index in [-0.39, 0.29) is 12.8 Å². The van der Waals surface area contributed by atoms with Gasteiger partial charge >= 0.3 is 18.0 Å². The summed E-state index contributed by atoms with van der Waals surface area (Å²) in [7, 11) is 1.95. The number of carboxylic acid groups (broad SMARTS) is 2. The molecule has 1 fully saturated rings. The van der Waals surface area contributed by atoms with Gasteiger partial charge in [0.1, 0.15) is 6.04 Å². The maximum absolute atomic E-state index is 11.8. The zero-order valence-corrected chi connectivity index (χ0v) is 10.8. The number of carboxylic acids is 2. The van der Waals surface area contributed by atoms with E-state index in [1.54, 1.807) is 0 Å². The van der Waals surface area contributed by atoms with E-state index in [1.165, 1.54) is 4.90 Å². The van der Waals surface area contributed by atoms with Gasteiger partial charge in [0.25, 0.3) is 0 Å². The fraction of sp³-hybridized carbons (Fsp3) is 0.727. The molecule has 0 aromatic heterocycles. The van der Waals surface area contributed by atoms with E-state index in [0.29, 0.717) is 13.1 Å². The van der Waals surface area contributed by atoms with E-state index >= 15 is 0 Å². The lowest BCUT2D eigenvalue weighted by Gasteiger charge is -2.33. The smallest absolute Gasteiger partial charge is 0.326 e. The molecule has 2 amide bonds. The Balaban J connectivity index is 2.46. The first-order valence-electron chi connectivity index (χ1n) is 6.08. The van der Waals surface area contributed by atoms with Crippen molar-refractivity contribution in [1.82, 2.24) is 15.1 Å². The number of rotatable bonds is 5. The number of nitrogens with zero attached hydrogens (tertiary/aromatic N) is 2. The average Bonchev–Trinajstić information content (AvgIpc) is 2.34. The van der Waals surface area contributed by atoms with Crippen molar-refractivity contribution in [2.45, 2.75) is 18.9 Å². The second-order valence-corrected chi connectivity index (χ2v) is 4.56. The fourth-order valence-electron chi connectivity index (χ4n) is 1.78. The zero-order chi connectivity index (χ0) is 14.4. The van der Waals surface area contributed by atoms with Crippen molar-refractivity contribution in [3.63, 3.8) is 0 Å². The molecule has 8 nitrogen and oxygen atoms in total. The lowest BCUT2D eigenvalue weighted by molar-refractivity contribution is -0.140. The summed E-state index contributed by atoms with van der Waals surface area (Å²) in [5.74, 6) is -2.30. The maximum Gasteiger partial charge on any atom is 0.326 e. The van der Waals surface area contributed by atoms with Gasteiger partial charge in [-0.05, 0) is 13.5 Å². The molecule has 0 aliphatic carbocycles. The molecular weight excluding hydrogens is 254 g/mol. The molecule has 1 aliphatic heterocycles. The summed E-state index contributed by atoms with van der Waals surface area (Å²) in [6.07, 6.45) is -0.413. The van der Waals surface area contributed by atoms with Gasteiger partial charge in [0, 0.05) is 32.6 Å². The van der Waals surface area contributed by atoms with Crippen LogP contribution in [0, 0.1) is 0 Å². The van der Waals surface area contributed by atoms with Crippen molar-refractivity contribution < 1.29 is 24.6 Å². The molecule has 0 radical (unpaired) electrons. The van der Waals surface area contributed by atoms with Gasteiger partial charge in [0.2, 0.25) is 0 Å². The standard InChI is InChI=1S/C11H19N3O5/c1-13-4-6-14(7-5-13)11(19)12-8(10(17)18)2-3-9(15)16/h8H,2-7H2,1H3,(H,12,19)(H,15,16)(H,17,18). The molecule has 0 spiro atoms. The third-order valence-corrected chi connectivity index (χ3v) is 3.03. The van der Waals surface area contributed by atoms with Crippen LogP contribution in [0.5, 0.6) is 0 Å². The molecule has 1 saturated heterocycles. The second kappa shape index (κ2) is 6.93. The van der Waals surface area contributed by atoms with Gasteiger partial charge in [-0.1, -0.05) is 0 Å². The van der Waals surface area contributed by atoms with Crippen molar-refractivity contribution in [1.29, 1.82) is 0 Å². The van der Waals surface area contributed by atoms with E-state index < -0.39 is 24.0 Å². The Kier molecular flexibility index (Phi) is 5.56. The number of carbonyl (C=O) groups excluding carboxylic acids is 1. The van der Waals surface area contributed by atoms with E-state index in [0.717, 1.165) is 13.1 Å². The summed E-state index contributed by atoms with van der Waals surface area (Å²) in [5, 5.41) is 19.8. The minimum atomic E-state index is -1.22. The Morgan fingerprint density at radius 2 is 1.74 bits per heavy atom. The van der Waals surface area contributed by atoms with Crippen LogP contribution >= 0.6 is 0 Å². The third kappa shape index (κ3) is 5.12. The van der Waals surface area contributed by atoms with Crippen LogP contribution in [0.2, 0.25) is 0 Å². The summed E-state index contributed by atoms with van der Waals surface area (Å²) < 4.78 is 0. The van der Waals surface area contributed by atoms with Crippen LogP contribution in [-0.4, -0.2) is 77.3 Å². The second-order valence-electron chi connectivity index (χ2n) is 4.56. The highest BCUT2D eigenvalue weighted by Crippen LogP contribution is 2.03. The molecule has 0 bridgehead atoms. The first kappa shape index (κ1) is 15.2. The first-order valence-corrected chi connectivity index (χ1v) is 6.08. The van der Waals surface area contributed by atoms with Crippen molar-refractivity contribution >= 4 is 18.0 Å². The highest BCUT2D eigenvalue weighted by atomic mass is 16.4. The van der Waals surface area contributed by atoms with Crippen LogP contribution in [-0.2, 0) is 9.59 Å². The summed E-state index contributed by atoms with van der Waals surface area (Å²) in [6.45, 7) is 2.54. The molecule has 1 aliphatic rings. The topological polar surface area (TPSA) is 110 Å². The lowest BCUT2D eigenvalue weighted by Crippen LogP contribution is -2.54. The van der Waals surface area contributed by atoms with Gasteiger partial charge < -0.3 is 25.3 Å². The Morgan fingerprint density at radius 3 is 2.21 bits per heavy atom. The van der Waals surface area contributed by atoms with Crippen molar-refractivity contribution in [3.05, 3.63) is 0 Å². The van der Waals surface area contributed by atoms with E-state index in [9.17, 15) is 14.4 Å². The molecule has 0 aromatic carbocycles. The SMILES string of the molecule is CN1CCN(C(=O)NC(CCC(=O)O)C(=O)O)CC1. The van der Waals surface area contributed by atoms with E-state index in [4.69, 9.17) is 10.2 Å². The Bertz CT molecular complexity index is 352. The minimum Gasteiger partial charge on any atom is -0.481 e. The maximum atomic E-state index is 11.8. The summed E-state index contributed by atoms with van der Waals surface area (Å²) in [6, 6.07) is -1.62. The third-order valence-electron chi connectivity index (χ3n) is 3.03. The number of urea groups is 1. The van der Waals surface area contributed by atoms with Crippen LogP contribution < -0.4 is 5.32 Å². The molecular formula is C11H19N3O5. The number of hydrogen-bond donors (Lipinski definition) is 3. The van der Waals surface area contributed by atoms with E-state index in [2.05, 4.69) is 10.2 Å². The van der Waals surface area contributed by atoms with Crippen LogP contribution in [0.4, 0.5) is 4.79 Å². The van der Waals surface area contributed by atoms with E-state index in [1.807, 2.05) is 7.05 Å². The Labute approximate surface area is 111 Å². The van der Waals surface area contributed by atoms with Crippen molar-refractivity contribution in [3.8, 4) is 0 Å². The molecule has 19 heavy (non-hydrogen) atoms. The highest BCUT2D eigenvalue weighted by molar-refractivity contribution is 5.83. The fourth-order valence-corrected chi connectivity index (χ4v) is 1.78. The number of hydrogen-bond acceptors (Lipinski definition) is 4. The van der Waals surface area contributed by atoms with Gasteiger partial charge in [-0.25, -0.2) is 9.59 Å². The molecule has 1 unspecified atom stereocenters. The number of nitrogens with one attached hydrogen (secondary N) is 1. The number of amides is 2. The lowest BCUT2D eigenvalue weighted by atomic mass is 10.1. The van der Waals surface area contributed by atoms with Gasteiger partial charge in [0.05, 0.1) is 0 Å². The van der Waals surface area contributed by atoms with Crippen molar-refractivity contribution in [2.75, 3.05) is 33.2 Å². The summed E-state index contributed by atoms with van der Waals surface area (Å²) in [4.78, 5) is 36.8. The average molecular weight is 273 g/mol. The Hall–Kier alpha value is -1.83. The number of piperazine rings is 1. The van der Waals surface area contributed by atoms with Gasteiger partial charge in [0.15, 0.2) is 0 Å². The molecule has 0 saturated carbocycles. The monoisotopic (exact) mass is 273 g/mol.